The molecule has 0 spiro atoms. The van der Waals surface area contributed by atoms with Gasteiger partial charge in [-0.05, 0) is 48.9 Å². The van der Waals surface area contributed by atoms with Gasteiger partial charge in [0.25, 0.3) is 0 Å². The second-order valence-electron chi connectivity index (χ2n) is 4.83. The monoisotopic (exact) mass is 391 g/mol. The highest BCUT2D eigenvalue weighted by Crippen LogP contribution is 2.24. The number of carbonyl (C=O) groups excluding carboxylic acids is 2. The molecular weight excluding hydrogens is 377 g/mol. The summed E-state index contributed by atoms with van der Waals surface area (Å²) in [6, 6.07) is 11.9. The van der Waals surface area contributed by atoms with Crippen LogP contribution in [-0.4, -0.2) is 18.4 Å². The van der Waals surface area contributed by atoms with E-state index in [4.69, 9.17) is 10.5 Å². The predicted octanol–water partition coefficient (Wildman–Crippen LogP) is 3.70. The SMILES string of the molecule is CCOC(=O)/C(C(=O)c1ccccc1Br)=C(\N)c1ccc(F)cc1. The molecule has 0 heterocycles. The first-order chi connectivity index (χ1) is 11.5. The molecule has 124 valence electrons. The molecule has 0 unspecified atom stereocenters. The highest BCUT2D eigenvalue weighted by atomic mass is 79.9. The number of ketones is 1. The minimum absolute atomic E-state index is 0.0609. The van der Waals surface area contributed by atoms with Crippen LogP contribution in [0.1, 0.15) is 22.8 Å². The van der Waals surface area contributed by atoms with Gasteiger partial charge in [0.1, 0.15) is 11.4 Å². The lowest BCUT2D eigenvalue weighted by Crippen LogP contribution is -2.21. The molecule has 0 aromatic heterocycles. The van der Waals surface area contributed by atoms with E-state index < -0.39 is 17.6 Å². The average molecular weight is 392 g/mol. The maximum Gasteiger partial charge on any atom is 0.344 e. The molecule has 2 N–H and O–H groups in total. The lowest BCUT2D eigenvalue weighted by atomic mass is 9.98. The highest BCUT2D eigenvalue weighted by molar-refractivity contribution is 9.10. The Morgan fingerprint density at radius 2 is 1.75 bits per heavy atom. The highest BCUT2D eigenvalue weighted by Gasteiger charge is 2.26. The van der Waals surface area contributed by atoms with Crippen LogP contribution in [-0.2, 0) is 9.53 Å². The zero-order valence-corrected chi connectivity index (χ0v) is 14.5. The maximum absolute atomic E-state index is 13.1. The Morgan fingerprint density at radius 3 is 2.33 bits per heavy atom. The minimum Gasteiger partial charge on any atom is -0.462 e. The molecule has 24 heavy (non-hydrogen) atoms. The molecular formula is C18H15BrFNO3. The van der Waals surface area contributed by atoms with Crippen LogP contribution in [0.5, 0.6) is 0 Å². The van der Waals surface area contributed by atoms with Crippen molar-refractivity contribution in [3.63, 3.8) is 0 Å². The third kappa shape index (κ3) is 3.89. The van der Waals surface area contributed by atoms with E-state index in [0.29, 0.717) is 10.0 Å². The van der Waals surface area contributed by atoms with Crippen molar-refractivity contribution in [2.24, 2.45) is 5.73 Å². The van der Waals surface area contributed by atoms with E-state index in [0.717, 1.165) is 0 Å². The molecule has 6 heteroatoms. The first-order valence-electron chi connectivity index (χ1n) is 7.17. The Balaban J connectivity index is 2.58. The van der Waals surface area contributed by atoms with E-state index in [9.17, 15) is 14.0 Å². The van der Waals surface area contributed by atoms with Gasteiger partial charge in [0.2, 0.25) is 5.78 Å². The van der Waals surface area contributed by atoms with Crippen molar-refractivity contribution in [3.05, 3.63) is 75.5 Å². The van der Waals surface area contributed by atoms with E-state index in [-0.39, 0.29) is 23.4 Å². The molecule has 2 rings (SSSR count). The summed E-state index contributed by atoms with van der Waals surface area (Å²) in [6.45, 7) is 1.73. The lowest BCUT2D eigenvalue weighted by Gasteiger charge is -2.12. The van der Waals surface area contributed by atoms with Gasteiger partial charge in [-0.1, -0.05) is 28.1 Å². The summed E-state index contributed by atoms with van der Waals surface area (Å²) in [7, 11) is 0. The topological polar surface area (TPSA) is 69.4 Å². The van der Waals surface area contributed by atoms with Crippen molar-refractivity contribution < 1.29 is 18.7 Å². The van der Waals surface area contributed by atoms with Crippen molar-refractivity contribution in [2.75, 3.05) is 6.61 Å². The number of halogens is 2. The van der Waals surface area contributed by atoms with Gasteiger partial charge in [-0.2, -0.15) is 0 Å². The van der Waals surface area contributed by atoms with Gasteiger partial charge in [0, 0.05) is 10.0 Å². The number of Topliss-reactive ketones (excluding diaryl/α,β-unsaturated/α-hetero) is 1. The quantitative estimate of drug-likeness (QED) is 0.277. The van der Waals surface area contributed by atoms with E-state index in [1.54, 1.807) is 31.2 Å². The van der Waals surface area contributed by atoms with Crippen LogP contribution in [0.2, 0.25) is 0 Å². The van der Waals surface area contributed by atoms with Gasteiger partial charge in [-0.15, -0.1) is 0 Å². The molecule has 0 amide bonds. The van der Waals surface area contributed by atoms with Gasteiger partial charge in [-0.3, -0.25) is 4.79 Å². The number of nitrogens with two attached hydrogens (primary N) is 1. The Kier molecular flexibility index (Phi) is 5.87. The molecule has 0 saturated carbocycles. The van der Waals surface area contributed by atoms with Gasteiger partial charge >= 0.3 is 5.97 Å². The fourth-order valence-corrected chi connectivity index (χ4v) is 2.55. The van der Waals surface area contributed by atoms with Gasteiger partial charge in [-0.25, -0.2) is 9.18 Å². The number of carbonyl (C=O) groups is 2. The molecule has 0 aliphatic heterocycles. The Morgan fingerprint density at radius 1 is 1.12 bits per heavy atom. The summed E-state index contributed by atoms with van der Waals surface area (Å²) < 4.78 is 18.6. The number of hydrogen-bond donors (Lipinski definition) is 1. The first kappa shape index (κ1) is 17.9. The molecule has 2 aromatic rings. The van der Waals surface area contributed by atoms with Crippen LogP contribution in [0.3, 0.4) is 0 Å². The van der Waals surface area contributed by atoms with Crippen LogP contribution in [0.25, 0.3) is 5.70 Å². The lowest BCUT2D eigenvalue weighted by molar-refractivity contribution is -0.138. The molecule has 4 nitrogen and oxygen atoms in total. The van der Waals surface area contributed by atoms with Gasteiger partial charge in [0.15, 0.2) is 0 Å². The van der Waals surface area contributed by atoms with Crippen LogP contribution in [0.4, 0.5) is 4.39 Å². The molecule has 0 aliphatic carbocycles. The normalized spacial score (nSPS) is 11.6. The third-order valence-electron chi connectivity index (χ3n) is 3.25. The van der Waals surface area contributed by atoms with Gasteiger partial charge < -0.3 is 10.5 Å². The molecule has 2 aromatic carbocycles. The maximum atomic E-state index is 13.1. The van der Waals surface area contributed by atoms with E-state index in [2.05, 4.69) is 15.9 Å². The number of rotatable bonds is 5. The molecule has 0 saturated heterocycles. The smallest absolute Gasteiger partial charge is 0.344 e. The van der Waals surface area contributed by atoms with Crippen LogP contribution >= 0.6 is 15.9 Å². The number of benzene rings is 2. The largest absolute Gasteiger partial charge is 0.462 e. The summed E-state index contributed by atoms with van der Waals surface area (Å²) in [5.74, 6) is -1.83. The van der Waals surface area contributed by atoms with Crippen molar-refractivity contribution in [2.45, 2.75) is 6.92 Å². The van der Waals surface area contributed by atoms with Crippen LogP contribution in [0, 0.1) is 5.82 Å². The van der Waals surface area contributed by atoms with Crippen molar-refractivity contribution in [3.8, 4) is 0 Å². The second kappa shape index (κ2) is 7.88. The minimum atomic E-state index is -0.819. The predicted molar refractivity (Wildman–Crippen MR) is 92.6 cm³/mol. The summed E-state index contributed by atoms with van der Waals surface area (Å²) >= 11 is 3.28. The summed E-state index contributed by atoms with van der Waals surface area (Å²) in [4.78, 5) is 25.1. The second-order valence-corrected chi connectivity index (χ2v) is 5.68. The van der Waals surface area contributed by atoms with Crippen LogP contribution < -0.4 is 5.73 Å². The van der Waals surface area contributed by atoms with Gasteiger partial charge in [0.05, 0.1) is 12.3 Å². The van der Waals surface area contributed by atoms with E-state index in [1.165, 1.54) is 24.3 Å². The number of esters is 1. The zero-order valence-electron chi connectivity index (χ0n) is 12.9. The molecule has 0 bridgehead atoms. The van der Waals surface area contributed by atoms with Crippen molar-refractivity contribution in [1.29, 1.82) is 0 Å². The fraction of sp³-hybridized carbons (Fsp3) is 0.111. The number of hydrogen-bond acceptors (Lipinski definition) is 4. The molecule has 0 fully saturated rings. The zero-order chi connectivity index (χ0) is 17.7. The summed E-state index contributed by atoms with van der Waals surface area (Å²) in [6.07, 6.45) is 0. The Bertz CT molecular complexity index is 800. The number of ether oxygens (including phenoxy) is 1. The molecule has 0 atom stereocenters. The average Bonchev–Trinajstić information content (AvgIpc) is 2.56. The molecule has 0 aliphatic rings. The summed E-state index contributed by atoms with van der Waals surface area (Å²) in [5.41, 5.74) is 6.33. The van der Waals surface area contributed by atoms with Crippen molar-refractivity contribution >= 4 is 33.4 Å². The standard InChI is InChI=1S/C18H15BrFNO3/c1-2-24-18(23)15(16(21)11-7-9-12(20)10-8-11)17(22)13-5-3-4-6-14(13)19/h3-10H,2,21H2,1H3/b16-15-. The summed E-state index contributed by atoms with van der Waals surface area (Å²) in [5, 5.41) is 0. The first-order valence-corrected chi connectivity index (χ1v) is 7.97. The fourth-order valence-electron chi connectivity index (χ4n) is 2.08. The molecule has 0 radical (unpaired) electrons. The van der Waals surface area contributed by atoms with Crippen molar-refractivity contribution in [1.82, 2.24) is 0 Å². The van der Waals surface area contributed by atoms with E-state index >= 15 is 0 Å². The Hall–Kier alpha value is -2.47. The van der Waals surface area contributed by atoms with Crippen LogP contribution in [0.15, 0.2) is 58.6 Å². The van der Waals surface area contributed by atoms with E-state index in [1.807, 2.05) is 0 Å². The Labute approximate surface area is 147 Å². The third-order valence-corrected chi connectivity index (χ3v) is 3.94.